The van der Waals surface area contributed by atoms with E-state index in [9.17, 15) is 18.0 Å². The molecule has 1 saturated carbocycles. The molecule has 8 nitrogen and oxygen atoms in total. The van der Waals surface area contributed by atoms with Crippen molar-refractivity contribution in [2.75, 3.05) is 32.5 Å². The molecule has 1 fully saturated rings. The van der Waals surface area contributed by atoms with E-state index in [2.05, 4.69) is 22.0 Å². The van der Waals surface area contributed by atoms with Crippen LogP contribution in [0.4, 0.5) is 5.69 Å². The molecule has 9 heteroatoms. The summed E-state index contributed by atoms with van der Waals surface area (Å²) in [5, 5.41) is 2.59. The maximum absolute atomic E-state index is 12.6. The van der Waals surface area contributed by atoms with Crippen LogP contribution in [-0.4, -0.2) is 69.3 Å². The number of carbonyl (C=O) groups excluding carboxylic acids is 2. The van der Waals surface area contributed by atoms with Crippen molar-refractivity contribution in [1.82, 2.24) is 14.5 Å². The van der Waals surface area contributed by atoms with Gasteiger partial charge in [-0.3, -0.25) is 9.59 Å². The highest BCUT2D eigenvalue weighted by Crippen LogP contribution is 2.21. The molecule has 0 radical (unpaired) electrons. The van der Waals surface area contributed by atoms with Gasteiger partial charge in [0, 0.05) is 38.8 Å². The average Bonchev–Trinajstić information content (AvgIpc) is 2.71. The third-order valence-corrected chi connectivity index (χ3v) is 7.11. The summed E-state index contributed by atoms with van der Waals surface area (Å²) in [5.41, 5.74) is 0.507. The van der Waals surface area contributed by atoms with E-state index in [-0.39, 0.29) is 16.7 Å². The van der Waals surface area contributed by atoms with Gasteiger partial charge in [0.05, 0.1) is 10.9 Å². The Morgan fingerprint density at radius 1 is 1.07 bits per heavy atom. The summed E-state index contributed by atoms with van der Waals surface area (Å²) in [6, 6.07) is 5.50. The molecule has 2 N–H and O–H groups in total. The van der Waals surface area contributed by atoms with Gasteiger partial charge in [-0.2, -0.15) is 4.72 Å². The Labute approximate surface area is 180 Å². The first kappa shape index (κ1) is 24.3. The van der Waals surface area contributed by atoms with E-state index in [0.717, 1.165) is 6.54 Å². The number of anilines is 1. The molecule has 1 aliphatic rings. The Morgan fingerprint density at radius 2 is 1.67 bits per heavy atom. The summed E-state index contributed by atoms with van der Waals surface area (Å²) in [6.45, 7) is 4.23. The van der Waals surface area contributed by atoms with E-state index >= 15 is 0 Å². The van der Waals surface area contributed by atoms with Gasteiger partial charge in [-0.05, 0) is 51.1 Å². The molecule has 1 aromatic rings. The smallest absolute Gasteiger partial charge is 0.241 e. The maximum atomic E-state index is 12.6. The van der Waals surface area contributed by atoms with E-state index in [4.69, 9.17) is 0 Å². The molecule has 0 heterocycles. The number of benzene rings is 1. The normalized spacial score (nSPS) is 16.3. The van der Waals surface area contributed by atoms with Crippen molar-refractivity contribution >= 4 is 27.5 Å². The summed E-state index contributed by atoms with van der Waals surface area (Å²) >= 11 is 0. The van der Waals surface area contributed by atoms with Crippen molar-refractivity contribution in [2.24, 2.45) is 0 Å². The van der Waals surface area contributed by atoms with Crippen LogP contribution in [0.3, 0.4) is 0 Å². The molecule has 0 aromatic heterocycles. The van der Waals surface area contributed by atoms with Gasteiger partial charge in [-0.1, -0.05) is 19.3 Å². The third kappa shape index (κ3) is 7.07. The highest BCUT2D eigenvalue weighted by molar-refractivity contribution is 7.89. The van der Waals surface area contributed by atoms with Gasteiger partial charge in [0.25, 0.3) is 0 Å². The Hall–Kier alpha value is -1.97. The number of nitrogens with one attached hydrogen (secondary N) is 2. The second-order valence-electron chi connectivity index (χ2n) is 8.08. The fourth-order valence-corrected chi connectivity index (χ4v) is 4.92. The molecule has 0 saturated heterocycles. The zero-order valence-corrected chi connectivity index (χ0v) is 19.2. The first-order valence-corrected chi connectivity index (χ1v) is 11.9. The number of sulfonamides is 1. The molecule has 0 unspecified atom stereocenters. The van der Waals surface area contributed by atoms with Crippen molar-refractivity contribution in [2.45, 2.75) is 62.9 Å². The van der Waals surface area contributed by atoms with E-state index in [1.54, 1.807) is 18.9 Å². The molecular weight excluding hydrogens is 404 g/mol. The molecule has 1 aromatic carbocycles. The minimum Gasteiger partial charge on any atom is -0.343 e. The minimum absolute atomic E-state index is 0.0379. The van der Waals surface area contributed by atoms with Crippen molar-refractivity contribution < 1.29 is 18.0 Å². The molecule has 30 heavy (non-hydrogen) atoms. The van der Waals surface area contributed by atoms with Crippen LogP contribution in [-0.2, 0) is 19.6 Å². The molecule has 0 spiro atoms. The van der Waals surface area contributed by atoms with E-state index in [1.807, 2.05) is 0 Å². The number of rotatable bonds is 9. The molecule has 1 atom stereocenters. The number of likely N-dealkylation sites (N-methyl/N-ethyl adjacent to an activating group) is 2. The zero-order chi connectivity index (χ0) is 22.3. The lowest BCUT2D eigenvalue weighted by atomic mass is 9.94. The summed E-state index contributed by atoms with van der Waals surface area (Å²) < 4.78 is 27.6. The van der Waals surface area contributed by atoms with Crippen LogP contribution >= 0.6 is 0 Å². The van der Waals surface area contributed by atoms with Crippen molar-refractivity contribution in [3.63, 3.8) is 0 Å². The minimum atomic E-state index is -3.85. The van der Waals surface area contributed by atoms with Crippen LogP contribution < -0.4 is 10.0 Å². The molecular formula is C21H34N4O4S. The average molecular weight is 439 g/mol. The largest absolute Gasteiger partial charge is 0.343 e. The van der Waals surface area contributed by atoms with E-state index < -0.39 is 16.1 Å². The van der Waals surface area contributed by atoms with Gasteiger partial charge in [0.15, 0.2) is 0 Å². The first-order chi connectivity index (χ1) is 14.1. The molecule has 0 aliphatic heterocycles. The Kier molecular flexibility index (Phi) is 8.81. The topological polar surface area (TPSA) is 98.8 Å². The lowest BCUT2D eigenvalue weighted by Gasteiger charge is -2.32. The van der Waals surface area contributed by atoms with Crippen molar-refractivity contribution in [3.05, 3.63) is 24.3 Å². The Morgan fingerprint density at radius 3 is 2.23 bits per heavy atom. The molecule has 168 valence electrons. The lowest BCUT2D eigenvalue weighted by Crippen LogP contribution is -2.47. The van der Waals surface area contributed by atoms with Gasteiger partial charge in [0.1, 0.15) is 0 Å². The Bertz CT molecular complexity index is 820. The van der Waals surface area contributed by atoms with E-state index in [1.165, 1.54) is 63.3 Å². The molecule has 2 rings (SSSR count). The van der Waals surface area contributed by atoms with Crippen LogP contribution in [0.15, 0.2) is 29.2 Å². The monoisotopic (exact) mass is 438 g/mol. The van der Waals surface area contributed by atoms with Gasteiger partial charge in [0.2, 0.25) is 21.8 Å². The number of carbonyl (C=O) groups is 2. The standard InChI is InChI=1S/C21H34N4O4S/c1-16(21(27)25(4)15-14-24(3)19-8-6-5-7-9-19)23-30(28,29)20-12-10-18(11-13-20)22-17(2)26/h10-13,16,19,23H,5-9,14-15H2,1-4H3,(H,22,26)/t16-/m0/s1. The quantitative estimate of drug-likeness (QED) is 0.615. The number of hydrogen-bond acceptors (Lipinski definition) is 5. The maximum Gasteiger partial charge on any atom is 0.241 e. The summed E-state index contributed by atoms with van der Waals surface area (Å²) in [6.07, 6.45) is 6.22. The SMILES string of the molecule is CC(=O)Nc1ccc(S(=O)(=O)N[C@@H](C)C(=O)N(C)CCN(C)C2CCCCC2)cc1. The van der Waals surface area contributed by atoms with Crippen molar-refractivity contribution in [3.8, 4) is 0 Å². The van der Waals surface area contributed by atoms with Gasteiger partial charge >= 0.3 is 0 Å². The Balaban J connectivity index is 1.88. The number of nitrogens with zero attached hydrogens (tertiary/aromatic N) is 2. The van der Waals surface area contributed by atoms with Crippen LogP contribution in [0.2, 0.25) is 0 Å². The molecule has 0 bridgehead atoms. The highest BCUT2D eigenvalue weighted by Gasteiger charge is 2.25. The number of amides is 2. The van der Waals surface area contributed by atoms with Crippen LogP contribution in [0.25, 0.3) is 0 Å². The predicted molar refractivity (Wildman–Crippen MR) is 118 cm³/mol. The summed E-state index contributed by atoms with van der Waals surface area (Å²) in [4.78, 5) is 27.6. The second-order valence-corrected chi connectivity index (χ2v) is 9.79. The first-order valence-electron chi connectivity index (χ1n) is 10.5. The van der Waals surface area contributed by atoms with Gasteiger partial charge in [-0.15, -0.1) is 0 Å². The predicted octanol–water partition coefficient (Wildman–Crippen LogP) is 2.03. The van der Waals surface area contributed by atoms with Gasteiger partial charge < -0.3 is 15.1 Å². The fraction of sp³-hybridized carbons (Fsp3) is 0.619. The van der Waals surface area contributed by atoms with Crippen LogP contribution in [0, 0.1) is 0 Å². The molecule has 2 amide bonds. The lowest BCUT2D eigenvalue weighted by molar-refractivity contribution is -0.131. The van der Waals surface area contributed by atoms with Crippen molar-refractivity contribution in [1.29, 1.82) is 0 Å². The summed E-state index contributed by atoms with van der Waals surface area (Å²) in [7, 11) is -0.0655. The molecule has 1 aliphatic carbocycles. The fourth-order valence-electron chi connectivity index (χ4n) is 3.72. The summed E-state index contributed by atoms with van der Waals surface area (Å²) in [5.74, 6) is -0.509. The van der Waals surface area contributed by atoms with Crippen LogP contribution in [0.5, 0.6) is 0 Å². The zero-order valence-electron chi connectivity index (χ0n) is 18.3. The van der Waals surface area contributed by atoms with E-state index in [0.29, 0.717) is 18.3 Å². The van der Waals surface area contributed by atoms with Crippen LogP contribution in [0.1, 0.15) is 46.0 Å². The third-order valence-electron chi connectivity index (χ3n) is 5.55. The van der Waals surface area contributed by atoms with Gasteiger partial charge in [-0.25, -0.2) is 8.42 Å². The highest BCUT2D eigenvalue weighted by atomic mass is 32.2. The second kappa shape index (κ2) is 10.9. The number of hydrogen-bond donors (Lipinski definition) is 2.